The number of aliphatic hydroxyl groups is 1. The van der Waals surface area contributed by atoms with Gasteiger partial charge in [-0.25, -0.2) is 4.79 Å². The Morgan fingerprint density at radius 2 is 1.41 bits per heavy atom. The summed E-state index contributed by atoms with van der Waals surface area (Å²) >= 11 is 0. The minimum atomic E-state index is -1.70. The van der Waals surface area contributed by atoms with E-state index in [-0.39, 0.29) is 24.5 Å². The Morgan fingerprint density at radius 3 is 1.89 bits per heavy atom. The quantitative estimate of drug-likeness (QED) is 0.141. The Hall–Kier alpha value is -3.71. The first-order valence-corrected chi connectivity index (χ1v) is 11.8. The molecule has 0 aliphatic rings. The van der Waals surface area contributed by atoms with Crippen molar-refractivity contribution in [1.29, 1.82) is 0 Å². The van der Waals surface area contributed by atoms with Crippen molar-refractivity contribution >= 4 is 29.7 Å². The van der Waals surface area contributed by atoms with Crippen molar-refractivity contribution < 1.29 is 44.4 Å². The maximum Gasteiger partial charge on any atom is 0.328 e. The fraction of sp³-hybridized carbons (Fsp3) is 0.542. The minimum absolute atomic E-state index is 0.00996. The van der Waals surface area contributed by atoms with Crippen LogP contribution in [0.15, 0.2) is 24.3 Å². The summed E-state index contributed by atoms with van der Waals surface area (Å²) in [5, 5.41) is 44.5. The molecule has 0 aromatic heterocycles. The molecule has 13 nitrogen and oxygen atoms in total. The molecular formula is C24H36N4O9. The number of rotatable bonds is 15. The number of nitrogens with one attached hydrogen (secondary N) is 3. The fourth-order valence-electron chi connectivity index (χ4n) is 3.42. The van der Waals surface area contributed by atoms with E-state index in [1.165, 1.54) is 24.3 Å². The number of nitrogens with two attached hydrogens (primary N) is 1. The zero-order chi connectivity index (χ0) is 28.3. The average Bonchev–Trinajstić information content (AvgIpc) is 2.79. The predicted octanol–water partition coefficient (Wildman–Crippen LogP) is -0.907. The zero-order valence-corrected chi connectivity index (χ0v) is 21.0. The third kappa shape index (κ3) is 11.3. The first-order chi connectivity index (χ1) is 17.2. The molecule has 37 heavy (non-hydrogen) atoms. The zero-order valence-electron chi connectivity index (χ0n) is 21.0. The number of carboxylic acids is 2. The van der Waals surface area contributed by atoms with Crippen LogP contribution in [0.4, 0.5) is 0 Å². The third-order valence-corrected chi connectivity index (χ3v) is 5.40. The third-order valence-electron chi connectivity index (χ3n) is 5.40. The summed E-state index contributed by atoms with van der Waals surface area (Å²) < 4.78 is 0. The highest BCUT2D eigenvalue weighted by atomic mass is 16.4. The first kappa shape index (κ1) is 31.3. The van der Waals surface area contributed by atoms with Crippen molar-refractivity contribution in [2.45, 2.75) is 76.7 Å². The van der Waals surface area contributed by atoms with E-state index >= 15 is 0 Å². The van der Waals surface area contributed by atoms with E-state index in [4.69, 9.17) is 10.8 Å². The molecule has 3 amide bonds. The van der Waals surface area contributed by atoms with E-state index in [1.54, 1.807) is 0 Å². The van der Waals surface area contributed by atoms with Crippen LogP contribution in [-0.4, -0.2) is 80.4 Å². The van der Waals surface area contributed by atoms with Crippen LogP contribution < -0.4 is 21.7 Å². The van der Waals surface area contributed by atoms with E-state index in [1.807, 2.05) is 13.8 Å². The van der Waals surface area contributed by atoms with Crippen molar-refractivity contribution in [1.82, 2.24) is 16.0 Å². The maximum absolute atomic E-state index is 13.2. The van der Waals surface area contributed by atoms with Gasteiger partial charge >= 0.3 is 11.9 Å². The molecule has 0 bridgehead atoms. The molecule has 13 heteroatoms. The monoisotopic (exact) mass is 524 g/mol. The molecule has 0 saturated carbocycles. The summed E-state index contributed by atoms with van der Waals surface area (Å²) in [5.74, 6) is -5.16. The molecule has 0 fully saturated rings. The molecule has 0 heterocycles. The smallest absolute Gasteiger partial charge is 0.328 e. The summed E-state index contributed by atoms with van der Waals surface area (Å²) in [5.41, 5.74) is 6.49. The molecule has 9 N–H and O–H groups in total. The van der Waals surface area contributed by atoms with Gasteiger partial charge in [-0.2, -0.15) is 0 Å². The number of aliphatic hydroxyl groups excluding tert-OH is 1. The van der Waals surface area contributed by atoms with Gasteiger partial charge in [0.1, 0.15) is 17.8 Å². The Bertz CT molecular complexity index is 950. The number of aromatic hydroxyl groups is 1. The number of hydrogen-bond acceptors (Lipinski definition) is 8. The highest BCUT2D eigenvalue weighted by Crippen LogP contribution is 2.13. The van der Waals surface area contributed by atoms with Crippen molar-refractivity contribution in [3.8, 4) is 5.75 Å². The predicted molar refractivity (Wildman–Crippen MR) is 131 cm³/mol. The van der Waals surface area contributed by atoms with Gasteiger partial charge in [0.15, 0.2) is 6.04 Å². The lowest BCUT2D eigenvalue weighted by Gasteiger charge is -2.26. The summed E-state index contributed by atoms with van der Waals surface area (Å²) in [4.78, 5) is 61.1. The number of hydrogen-bond donors (Lipinski definition) is 8. The van der Waals surface area contributed by atoms with Crippen LogP contribution in [0.1, 0.15) is 45.6 Å². The van der Waals surface area contributed by atoms with Gasteiger partial charge in [-0.15, -0.1) is 0 Å². The number of carbonyl (C=O) groups excluding carboxylic acids is 3. The highest BCUT2D eigenvalue weighted by Gasteiger charge is 2.32. The number of phenols is 1. The number of phenolic OH excluding ortho intramolecular Hbond substituents is 1. The Morgan fingerprint density at radius 1 is 0.865 bits per heavy atom. The molecule has 5 unspecified atom stereocenters. The topological polar surface area (TPSA) is 228 Å². The molecule has 1 rings (SSSR count). The van der Waals surface area contributed by atoms with E-state index in [2.05, 4.69) is 16.0 Å². The SMILES string of the molecule is CC(C)CC(N)C(=O)NC(Cc1ccc(O)cc1)C(=O)NC(CCC(=O)O)C(=O)NC(C(=O)O)C(C)O. The molecule has 206 valence electrons. The second kappa shape index (κ2) is 14.8. The number of carbonyl (C=O) groups is 5. The van der Waals surface area contributed by atoms with Crippen molar-refractivity contribution in [2.24, 2.45) is 11.7 Å². The van der Waals surface area contributed by atoms with Gasteiger partial charge in [-0.1, -0.05) is 26.0 Å². The van der Waals surface area contributed by atoms with Gasteiger partial charge in [0.05, 0.1) is 12.1 Å². The second-order valence-corrected chi connectivity index (χ2v) is 9.23. The Labute approximate surface area is 214 Å². The van der Waals surface area contributed by atoms with Crippen LogP contribution in [0, 0.1) is 5.92 Å². The van der Waals surface area contributed by atoms with Crippen molar-refractivity contribution in [3.63, 3.8) is 0 Å². The number of carboxylic acid groups (broad SMARTS) is 2. The average molecular weight is 525 g/mol. The van der Waals surface area contributed by atoms with Crippen LogP contribution in [0.3, 0.4) is 0 Å². The first-order valence-electron chi connectivity index (χ1n) is 11.8. The summed E-state index contributed by atoms with van der Waals surface area (Å²) in [6.45, 7) is 4.89. The lowest BCUT2D eigenvalue weighted by atomic mass is 10.0. The van der Waals surface area contributed by atoms with Gasteiger partial charge < -0.3 is 42.1 Å². The molecule has 0 aliphatic carbocycles. The minimum Gasteiger partial charge on any atom is -0.508 e. The summed E-state index contributed by atoms with van der Waals surface area (Å²) in [6.07, 6.45) is -2.09. The van der Waals surface area contributed by atoms with Gasteiger partial charge in [-0.05, 0) is 43.4 Å². The van der Waals surface area contributed by atoms with Gasteiger partial charge in [0.25, 0.3) is 0 Å². The molecular weight excluding hydrogens is 488 g/mol. The maximum atomic E-state index is 13.2. The molecule has 5 atom stereocenters. The molecule has 0 saturated heterocycles. The lowest BCUT2D eigenvalue weighted by Crippen LogP contribution is -2.58. The van der Waals surface area contributed by atoms with Gasteiger partial charge in [-0.3, -0.25) is 19.2 Å². The van der Waals surface area contributed by atoms with Crippen LogP contribution in [0.2, 0.25) is 0 Å². The molecule has 0 radical (unpaired) electrons. The van der Waals surface area contributed by atoms with E-state index < -0.39 is 66.4 Å². The van der Waals surface area contributed by atoms with Crippen molar-refractivity contribution in [2.75, 3.05) is 0 Å². The van der Waals surface area contributed by atoms with Gasteiger partial charge in [0, 0.05) is 12.8 Å². The number of amides is 3. The Balaban J connectivity index is 3.17. The highest BCUT2D eigenvalue weighted by molar-refractivity contribution is 5.94. The standard InChI is InChI=1S/C24H36N4O9/c1-12(2)10-16(25)21(33)27-18(11-14-4-6-15(30)7-5-14)23(35)26-17(8-9-19(31)32)22(34)28-20(13(3)29)24(36)37/h4-7,12-13,16-18,20,29-30H,8-11,25H2,1-3H3,(H,26,35)(H,27,33)(H,28,34)(H,31,32)(H,36,37). The molecule has 0 aliphatic heterocycles. The number of aliphatic carboxylic acids is 2. The van der Waals surface area contributed by atoms with Gasteiger partial charge in [0.2, 0.25) is 17.7 Å². The van der Waals surface area contributed by atoms with Crippen LogP contribution >= 0.6 is 0 Å². The number of benzene rings is 1. The summed E-state index contributed by atoms with van der Waals surface area (Å²) in [6, 6.07) is 0.524. The second-order valence-electron chi connectivity index (χ2n) is 9.23. The molecule has 0 spiro atoms. The van der Waals surface area contributed by atoms with E-state index in [9.17, 15) is 39.3 Å². The molecule has 1 aromatic carbocycles. The lowest BCUT2D eigenvalue weighted by molar-refractivity contribution is -0.145. The summed E-state index contributed by atoms with van der Waals surface area (Å²) in [7, 11) is 0. The van der Waals surface area contributed by atoms with Crippen LogP contribution in [0.5, 0.6) is 5.75 Å². The normalized spacial score (nSPS) is 15.1. The van der Waals surface area contributed by atoms with E-state index in [0.717, 1.165) is 6.92 Å². The fourth-order valence-corrected chi connectivity index (χ4v) is 3.42. The molecule has 1 aromatic rings. The Kier molecular flexibility index (Phi) is 12.5. The largest absolute Gasteiger partial charge is 0.508 e. The van der Waals surface area contributed by atoms with Crippen LogP contribution in [-0.2, 0) is 30.4 Å². The van der Waals surface area contributed by atoms with E-state index in [0.29, 0.717) is 12.0 Å². The van der Waals surface area contributed by atoms with Crippen LogP contribution in [0.25, 0.3) is 0 Å². The van der Waals surface area contributed by atoms with Crippen molar-refractivity contribution in [3.05, 3.63) is 29.8 Å².